The molecule has 98 valence electrons. The van der Waals surface area contributed by atoms with Crippen LogP contribution in [0.25, 0.3) is 0 Å². The minimum atomic E-state index is 0.604. The summed E-state index contributed by atoms with van der Waals surface area (Å²) in [5, 5.41) is 3.43. The molecule has 0 spiro atoms. The van der Waals surface area contributed by atoms with Gasteiger partial charge >= 0.3 is 0 Å². The maximum absolute atomic E-state index is 5.73. The zero-order valence-electron chi connectivity index (χ0n) is 10.6. The summed E-state index contributed by atoms with van der Waals surface area (Å²) in [6, 6.07) is 2.19. The van der Waals surface area contributed by atoms with Crippen LogP contribution in [0, 0.1) is 0 Å². The Morgan fingerprint density at radius 2 is 2.22 bits per heavy atom. The summed E-state index contributed by atoms with van der Waals surface area (Å²) in [7, 11) is 0. The van der Waals surface area contributed by atoms with Gasteiger partial charge in [0.25, 0.3) is 0 Å². The molecule has 0 bridgehead atoms. The number of halogens is 1. The molecule has 3 nitrogen and oxygen atoms in total. The zero-order valence-corrected chi connectivity index (χ0v) is 12.2. The van der Waals surface area contributed by atoms with Crippen LogP contribution in [0.15, 0.2) is 10.5 Å². The Kier molecular flexibility index (Phi) is 3.48. The molecule has 1 aromatic carbocycles. The zero-order chi connectivity index (χ0) is 12.5. The van der Waals surface area contributed by atoms with Crippen LogP contribution in [-0.2, 0) is 6.42 Å². The molecule has 1 saturated heterocycles. The van der Waals surface area contributed by atoms with Gasteiger partial charge in [0, 0.05) is 6.54 Å². The number of hydrogen-bond acceptors (Lipinski definition) is 3. The van der Waals surface area contributed by atoms with Gasteiger partial charge in [0.2, 0.25) is 0 Å². The molecule has 0 amide bonds. The van der Waals surface area contributed by atoms with Gasteiger partial charge in [-0.3, -0.25) is 0 Å². The molecule has 0 aliphatic carbocycles. The Balaban J connectivity index is 2.09. The molecule has 2 heterocycles. The van der Waals surface area contributed by atoms with Crippen molar-refractivity contribution >= 4 is 15.9 Å². The molecule has 1 aromatic rings. The van der Waals surface area contributed by atoms with E-state index >= 15 is 0 Å². The second-order valence-corrected chi connectivity index (χ2v) is 5.62. The Morgan fingerprint density at radius 1 is 1.39 bits per heavy atom. The molecule has 2 aliphatic heterocycles. The lowest BCUT2D eigenvalue weighted by Gasteiger charge is -2.24. The van der Waals surface area contributed by atoms with Crippen LogP contribution < -0.4 is 14.8 Å². The molecular formula is C14H18BrNO2. The molecule has 1 N–H and O–H groups in total. The third-order valence-electron chi connectivity index (χ3n) is 3.76. The van der Waals surface area contributed by atoms with Crippen molar-refractivity contribution in [2.45, 2.75) is 25.7 Å². The Bertz CT molecular complexity index is 456. The second kappa shape index (κ2) is 5.10. The number of fused-ring (bicyclic) bond motifs is 1. The molecule has 1 fully saturated rings. The minimum Gasteiger partial charge on any atom is -0.486 e. The van der Waals surface area contributed by atoms with Gasteiger partial charge in [-0.2, -0.15) is 0 Å². The van der Waals surface area contributed by atoms with Crippen molar-refractivity contribution in [3.05, 3.63) is 21.7 Å². The van der Waals surface area contributed by atoms with E-state index < -0.39 is 0 Å². The first-order valence-corrected chi connectivity index (χ1v) is 7.42. The lowest BCUT2D eigenvalue weighted by atomic mass is 9.91. The maximum atomic E-state index is 5.73. The normalized spacial score (nSPS) is 22.2. The van der Waals surface area contributed by atoms with E-state index in [2.05, 4.69) is 34.2 Å². The summed E-state index contributed by atoms with van der Waals surface area (Å²) in [6.45, 7) is 5.66. The number of benzene rings is 1. The van der Waals surface area contributed by atoms with Crippen LogP contribution in [0.3, 0.4) is 0 Å². The molecule has 0 saturated carbocycles. The summed E-state index contributed by atoms with van der Waals surface area (Å²) in [5.74, 6) is 2.38. The standard InChI is InChI=1S/C14H18BrNO2/c1-2-10-11(9-3-4-16-8-9)7-12-14(13(10)15)18-6-5-17-12/h7,9,16H,2-6,8H2,1H3. The molecule has 4 heteroatoms. The van der Waals surface area contributed by atoms with Gasteiger partial charge in [-0.05, 0) is 58.4 Å². The Labute approximate surface area is 116 Å². The molecular weight excluding hydrogens is 294 g/mol. The molecule has 3 rings (SSSR count). The van der Waals surface area contributed by atoms with E-state index in [0.29, 0.717) is 19.1 Å². The van der Waals surface area contributed by atoms with Gasteiger partial charge < -0.3 is 14.8 Å². The summed E-state index contributed by atoms with van der Waals surface area (Å²) in [5.41, 5.74) is 2.78. The average Bonchev–Trinajstić information content (AvgIpc) is 2.92. The molecule has 0 aromatic heterocycles. The smallest absolute Gasteiger partial charge is 0.175 e. The monoisotopic (exact) mass is 311 g/mol. The fourth-order valence-corrected chi connectivity index (χ4v) is 3.67. The molecule has 1 unspecified atom stereocenters. The highest BCUT2D eigenvalue weighted by atomic mass is 79.9. The first-order chi connectivity index (χ1) is 8.81. The highest BCUT2D eigenvalue weighted by molar-refractivity contribution is 9.10. The molecule has 1 atom stereocenters. The van der Waals surface area contributed by atoms with Gasteiger partial charge in [0.05, 0.1) is 4.47 Å². The van der Waals surface area contributed by atoms with Crippen molar-refractivity contribution in [3.63, 3.8) is 0 Å². The highest BCUT2D eigenvalue weighted by Gasteiger charge is 2.26. The van der Waals surface area contributed by atoms with Crippen LogP contribution >= 0.6 is 15.9 Å². The van der Waals surface area contributed by atoms with Crippen LogP contribution in [0.5, 0.6) is 11.5 Å². The van der Waals surface area contributed by atoms with Crippen LogP contribution in [0.1, 0.15) is 30.4 Å². The quantitative estimate of drug-likeness (QED) is 0.911. The lowest BCUT2D eigenvalue weighted by molar-refractivity contribution is 0.170. The van der Waals surface area contributed by atoms with Gasteiger partial charge in [0.1, 0.15) is 13.2 Å². The summed E-state index contributed by atoms with van der Waals surface area (Å²) >= 11 is 3.70. The third kappa shape index (κ3) is 2.01. The van der Waals surface area contributed by atoms with Crippen LogP contribution in [-0.4, -0.2) is 26.3 Å². The molecule has 0 radical (unpaired) electrons. The fraction of sp³-hybridized carbons (Fsp3) is 0.571. The summed E-state index contributed by atoms with van der Waals surface area (Å²) in [6.07, 6.45) is 2.22. The van der Waals surface area contributed by atoms with E-state index in [1.807, 2.05) is 0 Å². The van der Waals surface area contributed by atoms with Crippen molar-refractivity contribution in [2.75, 3.05) is 26.3 Å². The van der Waals surface area contributed by atoms with Crippen molar-refractivity contribution in [3.8, 4) is 11.5 Å². The average molecular weight is 312 g/mol. The number of nitrogens with one attached hydrogen (secondary N) is 1. The first-order valence-electron chi connectivity index (χ1n) is 6.62. The second-order valence-electron chi connectivity index (χ2n) is 4.83. The fourth-order valence-electron chi connectivity index (χ4n) is 2.85. The van der Waals surface area contributed by atoms with Crippen molar-refractivity contribution < 1.29 is 9.47 Å². The predicted molar refractivity (Wildman–Crippen MR) is 74.7 cm³/mol. The maximum Gasteiger partial charge on any atom is 0.175 e. The summed E-state index contributed by atoms with van der Waals surface area (Å²) < 4.78 is 12.5. The minimum absolute atomic E-state index is 0.604. The topological polar surface area (TPSA) is 30.5 Å². The SMILES string of the molecule is CCc1c(C2CCNC2)cc2c(c1Br)OCCO2. The van der Waals surface area contributed by atoms with Gasteiger partial charge in [-0.1, -0.05) is 6.92 Å². The Morgan fingerprint density at radius 3 is 2.94 bits per heavy atom. The van der Waals surface area contributed by atoms with Crippen LogP contribution in [0.4, 0.5) is 0 Å². The van der Waals surface area contributed by atoms with Crippen LogP contribution in [0.2, 0.25) is 0 Å². The third-order valence-corrected chi connectivity index (χ3v) is 4.60. The summed E-state index contributed by atoms with van der Waals surface area (Å²) in [4.78, 5) is 0. The van der Waals surface area contributed by atoms with Gasteiger partial charge in [-0.15, -0.1) is 0 Å². The Hall–Kier alpha value is -0.740. The van der Waals surface area contributed by atoms with E-state index in [1.165, 1.54) is 17.5 Å². The van der Waals surface area contributed by atoms with Gasteiger partial charge in [-0.25, -0.2) is 0 Å². The lowest BCUT2D eigenvalue weighted by Crippen LogP contribution is -2.17. The number of hydrogen-bond donors (Lipinski definition) is 1. The van der Waals surface area contributed by atoms with Crippen molar-refractivity contribution in [1.29, 1.82) is 0 Å². The predicted octanol–water partition coefficient (Wildman–Crippen LogP) is 2.86. The number of ether oxygens (including phenoxy) is 2. The molecule has 2 aliphatic rings. The van der Waals surface area contributed by atoms with E-state index in [0.717, 1.165) is 35.5 Å². The highest BCUT2D eigenvalue weighted by Crippen LogP contribution is 2.44. The van der Waals surface area contributed by atoms with E-state index in [-0.39, 0.29) is 0 Å². The number of rotatable bonds is 2. The van der Waals surface area contributed by atoms with Crippen molar-refractivity contribution in [2.24, 2.45) is 0 Å². The van der Waals surface area contributed by atoms with E-state index in [4.69, 9.17) is 9.47 Å². The van der Waals surface area contributed by atoms with Crippen molar-refractivity contribution in [1.82, 2.24) is 5.32 Å². The van der Waals surface area contributed by atoms with E-state index in [1.54, 1.807) is 0 Å². The van der Waals surface area contributed by atoms with Gasteiger partial charge in [0.15, 0.2) is 11.5 Å². The first kappa shape index (κ1) is 12.3. The molecule has 18 heavy (non-hydrogen) atoms. The largest absolute Gasteiger partial charge is 0.486 e. The van der Waals surface area contributed by atoms with E-state index in [9.17, 15) is 0 Å².